The first-order valence-electron chi connectivity index (χ1n) is 10.3. The maximum absolute atomic E-state index is 13.1. The van der Waals surface area contributed by atoms with E-state index in [-0.39, 0.29) is 30.1 Å². The van der Waals surface area contributed by atoms with Crippen LogP contribution >= 0.6 is 0 Å². The molecule has 28 heavy (non-hydrogen) atoms. The fourth-order valence-corrected chi connectivity index (χ4v) is 8.90. The van der Waals surface area contributed by atoms with Crippen molar-refractivity contribution < 1.29 is 27.1 Å². The van der Waals surface area contributed by atoms with Gasteiger partial charge < -0.3 is 5.21 Å². The van der Waals surface area contributed by atoms with E-state index in [4.69, 9.17) is 4.28 Å². The fraction of sp³-hybridized carbons (Fsp3) is 0.800. The van der Waals surface area contributed by atoms with Gasteiger partial charge in [-0.05, 0) is 48.9 Å². The largest absolute Gasteiger partial charge is 0.590 e. The summed E-state index contributed by atoms with van der Waals surface area (Å²) in [7, 11) is -4.35. The second kappa shape index (κ2) is 5.53. The SMILES string of the molecule is CC1(C)CC2CCC(=O)C1(CS(=O)(=O)O[N+]1([O-])CC3C4C=CC(C4)C3C1=O)C2. The van der Waals surface area contributed by atoms with Crippen LogP contribution in [0, 0.1) is 45.6 Å². The third-order valence-electron chi connectivity index (χ3n) is 8.40. The first kappa shape index (κ1) is 18.9. The Morgan fingerprint density at radius 3 is 2.64 bits per heavy atom. The lowest BCUT2D eigenvalue weighted by Crippen LogP contribution is -2.51. The summed E-state index contributed by atoms with van der Waals surface area (Å²) in [5.41, 5.74) is -1.49. The predicted octanol–water partition coefficient (Wildman–Crippen LogP) is 2.33. The molecule has 5 rings (SSSR count). The van der Waals surface area contributed by atoms with E-state index in [0.29, 0.717) is 18.8 Å². The van der Waals surface area contributed by atoms with Crippen LogP contribution in [0.2, 0.25) is 0 Å². The van der Waals surface area contributed by atoms with Gasteiger partial charge in [-0.25, -0.2) is 4.79 Å². The monoisotopic (exact) mass is 409 g/mol. The van der Waals surface area contributed by atoms with Crippen LogP contribution in [0.15, 0.2) is 12.2 Å². The molecule has 1 aliphatic heterocycles. The van der Waals surface area contributed by atoms with E-state index >= 15 is 0 Å². The van der Waals surface area contributed by atoms with Crippen molar-refractivity contribution in [2.45, 2.75) is 46.0 Å². The normalized spacial score (nSPS) is 48.5. The van der Waals surface area contributed by atoms with E-state index in [9.17, 15) is 23.2 Å². The van der Waals surface area contributed by atoms with Gasteiger partial charge in [0.1, 0.15) is 12.3 Å². The first-order chi connectivity index (χ1) is 13.0. The molecule has 1 amide bonds. The molecule has 5 aliphatic rings. The van der Waals surface area contributed by atoms with Gasteiger partial charge in [0.05, 0.1) is 17.1 Å². The number of nitrogens with zero attached hydrogens (tertiary/aromatic N) is 1. The van der Waals surface area contributed by atoms with E-state index < -0.39 is 43.3 Å². The Kier molecular flexibility index (Phi) is 3.74. The van der Waals surface area contributed by atoms with Crippen molar-refractivity contribution in [1.29, 1.82) is 0 Å². The lowest BCUT2D eigenvalue weighted by molar-refractivity contribution is -0.970. The van der Waals surface area contributed by atoms with E-state index in [1.54, 1.807) is 0 Å². The summed E-state index contributed by atoms with van der Waals surface area (Å²) in [5.74, 6) is -1.31. The second-order valence-electron chi connectivity index (χ2n) is 10.3. The number of carbonyl (C=O) groups excluding carboxylic acids is 2. The second-order valence-corrected chi connectivity index (χ2v) is 11.9. The molecule has 0 spiro atoms. The molecule has 8 heteroatoms. The summed E-state index contributed by atoms with van der Waals surface area (Å²) in [4.78, 5) is 23.9. The predicted molar refractivity (Wildman–Crippen MR) is 99.3 cm³/mol. The zero-order valence-corrected chi connectivity index (χ0v) is 17.1. The number of quaternary nitrogens is 1. The number of hydrogen-bond acceptors (Lipinski definition) is 6. The van der Waals surface area contributed by atoms with Gasteiger partial charge in [-0.2, -0.15) is 8.42 Å². The molecule has 0 aromatic rings. The van der Waals surface area contributed by atoms with E-state index in [2.05, 4.69) is 0 Å². The van der Waals surface area contributed by atoms with Crippen LogP contribution in [0.25, 0.3) is 0 Å². The van der Waals surface area contributed by atoms with Crippen molar-refractivity contribution in [3.8, 4) is 0 Å². The lowest BCUT2D eigenvalue weighted by Gasteiger charge is -2.41. The number of fused-ring (bicyclic) bond motifs is 7. The summed E-state index contributed by atoms with van der Waals surface area (Å²) < 4.78 is 31.0. The highest BCUT2D eigenvalue weighted by Gasteiger charge is 2.65. The average molecular weight is 410 g/mol. The molecule has 1 heterocycles. The third kappa shape index (κ3) is 2.41. The van der Waals surface area contributed by atoms with Gasteiger partial charge in [0, 0.05) is 12.3 Å². The molecule has 7 nitrogen and oxygen atoms in total. The number of allylic oxidation sites excluding steroid dienone is 2. The van der Waals surface area contributed by atoms with E-state index in [1.807, 2.05) is 26.0 Å². The zero-order chi connectivity index (χ0) is 20.1. The highest BCUT2D eigenvalue weighted by atomic mass is 32.2. The van der Waals surface area contributed by atoms with Gasteiger partial charge in [0.25, 0.3) is 0 Å². The molecule has 7 atom stereocenters. The Bertz CT molecular complexity index is 894. The average Bonchev–Trinajstić information content (AvgIpc) is 3.26. The summed E-state index contributed by atoms with van der Waals surface area (Å²) in [6.07, 6.45) is 7.35. The van der Waals surface area contributed by atoms with Gasteiger partial charge in [0.15, 0.2) is 0 Å². The standard InChI is InChI=1S/C20H27NO6S/c1-19(2)8-12-3-6-16(22)20(19,9-12)11-28(25,26)27-21(24)10-15-13-4-5-14(7-13)17(15)18(21)23/h4-5,12-15,17H,3,6-11H2,1-2H3. The Balaban J connectivity index is 1.40. The van der Waals surface area contributed by atoms with Crippen LogP contribution in [-0.2, 0) is 24.0 Å². The highest BCUT2D eigenvalue weighted by molar-refractivity contribution is 7.86. The van der Waals surface area contributed by atoms with Crippen molar-refractivity contribution in [1.82, 2.24) is 0 Å². The van der Waals surface area contributed by atoms with Gasteiger partial charge in [-0.15, -0.1) is 4.81 Å². The molecule has 4 fully saturated rings. The number of amides is 1. The minimum Gasteiger partial charge on any atom is -0.590 e. The van der Waals surface area contributed by atoms with Crippen molar-refractivity contribution in [2.24, 2.45) is 40.4 Å². The molecule has 0 aromatic carbocycles. The number of hydroxylamine groups is 4. The van der Waals surface area contributed by atoms with Crippen molar-refractivity contribution >= 4 is 21.8 Å². The Labute approximate surface area is 165 Å². The Hall–Kier alpha value is -1.09. The zero-order valence-electron chi connectivity index (χ0n) is 16.3. The van der Waals surface area contributed by atoms with Crippen molar-refractivity contribution in [3.05, 3.63) is 17.4 Å². The van der Waals surface area contributed by atoms with Crippen LogP contribution in [0.3, 0.4) is 0 Å². The quantitative estimate of drug-likeness (QED) is 0.401. The summed E-state index contributed by atoms with van der Waals surface area (Å²) in [6.45, 7) is 3.71. The molecule has 0 radical (unpaired) electrons. The van der Waals surface area contributed by atoms with Crippen LogP contribution in [0.1, 0.15) is 46.0 Å². The van der Waals surface area contributed by atoms with Crippen LogP contribution in [0.4, 0.5) is 0 Å². The summed E-state index contributed by atoms with van der Waals surface area (Å²) >= 11 is 0. The number of rotatable bonds is 4. The molecule has 154 valence electrons. The first-order valence-corrected chi connectivity index (χ1v) is 11.8. The molecular weight excluding hydrogens is 382 g/mol. The minimum absolute atomic E-state index is 0.0239. The molecule has 0 aromatic heterocycles. The topological polar surface area (TPSA) is 101 Å². The molecular formula is C20H27NO6S. The molecule has 4 aliphatic carbocycles. The van der Waals surface area contributed by atoms with E-state index in [1.165, 1.54) is 0 Å². The van der Waals surface area contributed by atoms with Crippen LogP contribution in [0.5, 0.6) is 0 Å². The maximum atomic E-state index is 13.1. The fourth-order valence-electron chi connectivity index (χ4n) is 7.08. The molecule has 4 bridgehead atoms. The van der Waals surface area contributed by atoms with Crippen LogP contribution in [-0.4, -0.2) is 37.2 Å². The number of hydrogen-bond donors (Lipinski definition) is 0. The molecule has 3 saturated carbocycles. The molecule has 0 N–H and O–H groups in total. The van der Waals surface area contributed by atoms with Gasteiger partial charge in [-0.3, -0.25) is 4.79 Å². The number of carbonyl (C=O) groups is 2. The minimum atomic E-state index is -4.35. The third-order valence-corrected chi connectivity index (χ3v) is 9.71. The van der Waals surface area contributed by atoms with Gasteiger partial charge >= 0.3 is 16.0 Å². The lowest BCUT2D eigenvalue weighted by atomic mass is 9.65. The molecule has 7 unspecified atom stereocenters. The number of Topliss-reactive ketones (excluding diaryl/α,β-unsaturated/α-hetero) is 1. The maximum Gasteiger partial charge on any atom is 0.351 e. The molecule has 1 saturated heterocycles. The Morgan fingerprint density at radius 2 is 1.93 bits per heavy atom. The highest BCUT2D eigenvalue weighted by Crippen LogP contribution is 2.61. The Morgan fingerprint density at radius 1 is 1.21 bits per heavy atom. The summed E-state index contributed by atoms with van der Waals surface area (Å²) in [5, 5.41) is 13.1. The summed E-state index contributed by atoms with van der Waals surface area (Å²) in [6, 6.07) is 0. The smallest absolute Gasteiger partial charge is 0.351 e. The van der Waals surface area contributed by atoms with Gasteiger partial charge in [-0.1, -0.05) is 30.3 Å². The number of ketones is 1. The van der Waals surface area contributed by atoms with Crippen molar-refractivity contribution in [2.75, 3.05) is 12.3 Å². The van der Waals surface area contributed by atoms with E-state index in [0.717, 1.165) is 19.3 Å². The van der Waals surface area contributed by atoms with Gasteiger partial charge in [0.2, 0.25) is 0 Å². The van der Waals surface area contributed by atoms with Crippen LogP contribution < -0.4 is 0 Å². The van der Waals surface area contributed by atoms with Crippen molar-refractivity contribution in [3.63, 3.8) is 0 Å².